The molecule has 1 saturated heterocycles. The normalized spacial score (nSPS) is 16.2. The zero-order valence-corrected chi connectivity index (χ0v) is 9.35. The van der Waals surface area contributed by atoms with E-state index in [0.717, 1.165) is 0 Å². The van der Waals surface area contributed by atoms with E-state index in [1.165, 1.54) is 6.20 Å². The molecule has 0 saturated carbocycles. The van der Waals surface area contributed by atoms with Gasteiger partial charge in [0.1, 0.15) is 5.69 Å². The average molecular weight is 234 g/mol. The molecule has 1 aromatic rings. The lowest BCUT2D eigenvalue weighted by atomic mass is 10.3. The highest BCUT2D eigenvalue weighted by atomic mass is 16.2. The summed E-state index contributed by atoms with van der Waals surface area (Å²) < 4.78 is 0. The van der Waals surface area contributed by atoms with Gasteiger partial charge in [0.05, 0.1) is 11.9 Å². The highest BCUT2D eigenvalue weighted by molar-refractivity contribution is 5.93. The number of pyridine rings is 1. The van der Waals surface area contributed by atoms with E-state index in [4.69, 9.17) is 5.73 Å². The molecule has 1 aliphatic rings. The van der Waals surface area contributed by atoms with Crippen molar-refractivity contribution < 1.29 is 9.59 Å². The van der Waals surface area contributed by atoms with Crippen molar-refractivity contribution in [2.24, 2.45) is 0 Å². The summed E-state index contributed by atoms with van der Waals surface area (Å²) in [5, 5.41) is 2.72. The number of amides is 2. The van der Waals surface area contributed by atoms with Gasteiger partial charge in [-0.15, -0.1) is 0 Å². The molecular formula is C11H14N4O2. The highest BCUT2D eigenvalue weighted by Crippen LogP contribution is 2.06. The van der Waals surface area contributed by atoms with E-state index in [9.17, 15) is 9.59 Å². The Morgan fingerprint density at radius 1 is 1.41 bits per heavy atom. The number of nitrogen functional groups attached to an aromatic ring is 1. The minimum Gasteiger partial charge on any atom is -0.397 e. The van der Waals surface area contributed by atoms with Crippen LogP contribution in [0.3, 0.4) is 0 Å². The van der Waals surface area contributed by atoms with Crippen LogP contribution in [0.4, 0.5) is 5.69 Å². The Kier molecular flexibility index (Phi) is 3.22. The number of rotatable bonds is 1. The predicted octanol–water partition coefficient (Wildman–Crippen LogP) is -0.374. The summed E-state index contributed by atoms with van der Waals surface area (Å²) in [5.41, 5.74) is 6.38. The Labute approximate surface area is 98.8 Å². The zero-order valence-electron chi connectivity index (χ0n) is 9.35. The van der Waals surface area contributed by atoms with E-state index < -0.39 is 0 Å². The van der Waals surface area contributed by atoms with Crippen LogP contribution in [0.5, 0.6) is 0 Å². The summed E-state index contributed by atoms with van der Waals surface area (Å²) >= 11 is 0. The minimum atomic E-state index is -0.165. The maximum atomic E-state index is 12.1. The van der Waals surface area contributed by atoms with Gasteiger partial charge in [0.15, 0.2) is 0 Å². The van der Waals surface area contributed by atoms with E-state index in [-0.39, 0.29) is 11.8 Å². The molecule has 0 aliphatic carbocycles. The van der Waals surface area contributed by atoms with Crippen LogP contribution in [0.25, 0.3) is 0 Å². The van der Waals surface area contributed by atoms with Gasteiger partial charge in [0, 0.05) is 26.1 Å². The second kappa shape index (κ2) is 4.82. The molecule has 6 nitrogen and oxygen atoms in total. The van der Waals surface area contributed by atoms with Gasteiger partial charge in [-0.3, -0.25) is 9.59 Å². The van der Waals surface area contributed by atoms with Crippen molar-refractivity contribution in [3.63, 3.8) is 0 Å². The molecule has 0 aromatic carbocycles. The van der Waals surface area contributed by atoms with Crippen molar-refractivity contribution in [1.82, 2.24) is 15.2 Å². The summed E-state index contributed by atoms with van der Waals surface area (Å²) in [6.07, 6.45) is 1.79. The number of aromatic nitrogens is 1. The summed E-state index contributed by atoms with van der Waals surface area (Å²) in [6.45, 7) is 1.42. The van der Waals surface area contributed by atoms with Crippen molar-refractivity contribution >= 4 is 17.5 Å². The van der Waals surface area contributed by atoms with Crippen LogP contribution in [0.15, 0.2) is 18.3 Å². The third-order valence-corrected chi connectivity index (χ3v) is 2.61. The molecule has 0 spiro atoms. The van der Waals surface area contributed by atoms with E-state index >= 15 is 0 Å². The summed E-state index contributed by atoms with van der Waals surface area (Å²) in [5.74, 6) is -0.188. The summed E-state index contributed by atoms with van der Waals surface area (Å²) in [7, 11) is 0. The number of hydrogen-bond donors (Lipinski definition) is 2. The van der Waals surface area contributed by atoms with Gasteiger partial charge in [-0.05, 0) is 12.1 Å². The molecule has 0 unspecified atom stereocenters. The molecule has 2 rings (SSSR count). The second-order valence-electron chi connectivity index (χ2n) is 3.87. The van der Waals surface area contributed by atoms with E-state index in [0.29, 0.717) is 37.4 Å². The smallest absolute Gasteiger partial charge is 0.272 e. The fourth-order valence-electron chi connectivity index (χ4n) is 1.66. The van der Waals surface area contributed by atoms with Gasteiger partial charge in [-0.25, -0.2) is 4.98 Å². The number of hydrogen-bond acceptors (Lipinski definition) is 4. The lowest BCUT2D eigenvalue weighted by molar-refractivity contribution is -0.120. The molecule has 6 heteroatoms. The minimum absolute atomic E-state index is 0.0226. The first-order valence-electron chi connectivity index (χ1n) is 5.44. The quantitative estimate of drug-likeness (QED) is 0.693. The Morgan fingerprint density at radius 2 is 2.24 bits per heavy atom. The van der Waals surface area contributed by atoms with Crippen LogP contribution in [0, 0.1) is 0 Å². The van der Waals surface area contributed by atoms with E-state index in [1.54, 1.807) is 17.0 Å². The van der Waals surface area contributed by atoms with Gasteiger partial charge in [0.25, 0.3) is 5.91 Å². The van der Waals surface area contributed by atoms with Gasteiger partial charge >= 0.3 is 0 Å². The Bertz CT molecular complexity index is 430. The monoisotopic (exact) mass is 234 g/mol. The molecule has 1 aromatic heterocycles. The molecule has 0 radical (unpaired) electrons. The van der Waals surface area contributed by atoms with Crippen molar-refractivity contribution in [2.45, 2.75) is 6.42 Å². The lowest BCUT2D eigenvalue weighted by Gasteiger charge is -2.18. The molecule has 90 valence electrons. The van der Waals surface area contributed by atoms with Gasteiger partial charge in [-0.1, -0.05) is 0 Å². The third-order valence-electron chi connectivity index (χ3n) is 2.61. The standard InChI is InChI=1S/C11H14N4O2/c12-8-1-2-9(14-7-8)11(17)15-5-3-10(16)13-4-6-15/h1-2,7H,3-6,12H2,(H,13,16). The Balaban J connectivity index is 2.08. The molecule has 1 aliphatic heterocycles. The molecule has 2 heterocycles. The predicted molar refractivity (Wildman–Crippen MR) is 62.2 cm³/mol. The SMILES string of the molecule is Nc1ccc(C(=O)N2CCNC(=O)CC2)nc1. The molecule has 3 N–H and O–H groups in total. The van der Waals surface area contributed by atoms with Crippen molar-refractivity contribution in [1.29, 1.82) is 0 Å². The zero-order chi connectivity index (χ0) is 12.3. The Hall–Kier alpha value is -2.11. The molecular weight excluding hydrogens is 220 g/mol. The van der Waals surface area contributed by atoms with Gasteiger partial charge in [0.2, 0.25) is 5.91 Å². The maximum absolute atomic E-state index is 12.1. The molecule has 0 bridgehead atoms. The van der Waals surface area contributed by atoms with Crippen LogP contribution in [-0.2, 0) is 4.79 Å². The van der Waals surface area contributed by atoms with Crippen molar-refractivity contribution in [3.05, 3.63) is 24.0 Å². The van der Waals surface area contributed by atoms with E-state index in [1.807, 2.05) is 0 Å². The number of nitrogens with one attached hydrogen (secondary N) is 1. The topological polar surface area (TPSA) is 88.3 Å². The molecule has 2 amide bonds. The fourth-order valence-corrected chi connectivity index (χ4v) is 1.66. The van der Waals surface area contributed by atoms with E-state index in [2.05, 4.69) is 10.3 Å². The van der Waals surface area contributed by atoms with Crippen LogP contribution in [-0.4, -0.2) is 41.3 Å². The van der Waals surface area contributed by atoms with Crippen molar-refractivity contribution in [2.75, 3.05) is 25.4 Å². The van der Waals surface area contributed by atoms with Crippen LogP contribution in [0.2, 0.25) is 0 Å². The number of nitrogens with zero attached hydrogens (tertiary/aromatic N) is 2. The molecule has 1 fully saturated rings. The van der Waals surface area contributed by atoms with Crippen LogP contribution >= 0.6 is 0 Å². The summed E-state index contributed by atoms with van der Waals surface area (Å²) in [6, 6.07) is 3.24. The average Bonchev–Trinajstić information content (AvgIpc) is 2.54. The fraction of sp³-hybridized carbons (Fsp3) is 0.364. The van der Waals surface area contributed by atoms with Gasteiger partial charge in [-0.2, -0.15) is 0 Å². The number of nitrogens with two attached hydrogens (primary N) is 1. The van der Waals surface area contributed by atoms with Crippen LogP contribution < -0.4 is 11.1 Å². The Morgan fingerprint density at radius 3 is 2.94 bits per heavy atom. The largest absolute Gasteiger partial charge is 0.397 e. The number of anilines is 1. The first-order chi connectivity index (χ1) is 8.16. The first kappa shape index (κ1) is 11.4. The highest BCUT2D eigenvalue weighted by Gasteiger charge is 2.20. The lowest BCUT2D eigenvalue weighted by Crippen LogP contribution is -2.34. The number of carbonyl (C=O) groups is 2. The van der Waals surface area contributed by atoms with Gasteiger partial charge < -0.3 is 16.0 Å². The molecule has 17 heavy (non-hydrogen) atoms. The van der Waals surface area contributed by atoms with Crippen LogP contribution in [0.1, 0.15) is 16.9 Å². The van der Waals surface area contributed by atoms with Crippen molar-refractivity contribution in [3.8, 4) is 0 Å². The third kappa shape index (κ3) is 2.72. The summed E-state index contributed by atoms with van der Waals surface area (Å²) in [4.78, 5) is 28.8. The first-order valence-corrected chi connectivity index (χ1v) is 5.44. The molecule has 0 atom stereocenters. The maximum Gasteiger partial charge on any atom is 0.272 e. The second-order valence-corrected chi connectivity index (χ2v) is 3.87. The number of carbonyl (C=O) groups excluding carboxylic acids is 2.